The molecule has 2 rings (SSSR count). The summed E-state index contributed by atoms with van der Waals surface area (Å²) in [6.45, 7) is 11.2. The van der Waals surface area contributed by atoms with Gasteiger partial charge in [-0.15, -0.1) is 30.6 Å². The zero-order chi connectivity index (χ0) is 18.1. The van der Waals surface area contributed by atoms with Crippen molar-refractivity contribution in [3.8, 4) is 0 Å². The molecule has 0 unspecified atom stereocenters. The summed E-state index contributed by atoms with van der Waals surface area (Å²) in [5.41, 5.74) is 1.82. The van der Waals surface area contributed by atoms with Gasteiger partial charge in [0.2, 0.25) is 0 Å². The molecular formula is C19H30IN5O. The minimum absolute atomic E-state index is 0. The minimum Gasteiger partial charge on any atom is -0.357 e. The molecule has 144 valence electrons. The van der Waals surface area contributed by atoms with Gasteiger partial charge < -0.3 is 20.4 Å². The molecule has 0 radical (unpaired) electrons. The van der Waals surface area contributed by atoms with Gasteiger partial charge in [0.1, 0.15) is 0 Å². The second-order valence-electron chi connectivity index (χ2n) is 6.16. The van der Waals surface area contributed by atoms with Crippen LogP contribution in [0.2, 0.25) is 0 Å². The summed E-state index contributed by atoms with van der Waals surface area (Å²) in [5, 5.41) is 6.36. The highest BCUT2D eigenvalue weighted by Crippen LogP contribution is 2.10. The summed E-state index contributed by atoms with van der Waals surface area (Å²) in [5.74, 6) is 0.879. The van der Waals surface area contributed by atoms with Gasteiger partial charge in [-0.25, -0.2) is 4.99 Å². The summed E-state index contributed by atoms with van der Waals surface area (Å²) in [7, 11) is 2.09. The van der Waals surface area contributed by atoms with Gasteiger partial charge in [-0.1, -0.05) is 18.2 Å². The van der Waals surface area contributed by atoms with Crippen LogP contribution in [0.25, 0.3) is 0 Å². The normalized spacial score (nSPS) is 15.2. The zero-order valence-electron chi connectivity index (χ0n) is 15.7. The minimum atomic E-state index is 0. The number of guanidine groups is 1. The average Bonchev–Trinajstić information content (AvgIpc) is 2.64. The highest BCUT2D eigenvalue weighted by Gasteiger charge is 2.20. The third kappa shape index (κ3) is 6.95. The number of piperazine rings is 1. The van der Waals surface area contributed by atoms with E-state index in [0.29, 0.717) is 13.1 Å². The first-order valence-corrected chi connectivity index (χ1v) is 8.84. The SMILES string of the molecule is C=CCNC(=NCc1ccc(C(=O)N2CCN(C)CC2)cc1)NCC.I. The van der Waals surface area contributed by atoms with Crippen LogP contribution in [0.5, 0.6) is 0 Å². The number of aliphatic imine (C=N–C) groups is 1. The van der Waals surface area contributed by atoms with Gasteiger partial charge in [0.25, 0.3) is 5.91 Å². The van der Waals surface area contributed by atoms with Crippen LogP contribution in [0.15, 0.2) is 41.9 Å². The van der Waals surface area contributed by atoms with E-state index < -0.39 is 0 Å². The van der Waals surface area contributed by atoms with Crippen LogP contribution in [-0.4, -0.2) is 68.0 Å². The third-order valence-electron chi connectivity index (χ3n) is 4.17. The fourth-order valence-corrected chi connectivity index (χ4v) is 2.63. The standard InChI is InChI=1S/C19H29N5O.HI/c1-4-10-21-19(20-5-2)22-15-16-6-8-17(9-7-16)18(25)24-13-11-23(3)12-14-24;/h4,6-9H,1,5,10-15H2,2-3H3,(H2,20,21,22);1H. The molecule has 26 heavy (non-hydrogen) atoms. The maximum Gasteiger partial charge on any atom is 0.253 e. The smallest absolute Gasteiger partial charge is 0.253 e. The Hall–Kier alpha value is -1.61. The Balaban J connectivity index is 0.00000338. The molecule has 6 nitrogen and oxygen atoms in total. The molecule has 1 heterocycles. The fourth-order valence-electron chi connectivity index (χ4n) is 2.63. The van der Waals surface area contributed by atoms with Gasteiger partial charge in [-0.3, -0.25) is 4.79 Å². The summed E-state index contributed by atoms with van der Waals surface area (Å²) < 4.78 is 0. The van der Waals surface area contributed by atoms with E-state index in [1.807, 2.05) is 36.1 Å². The second-order valence-corrected chi connectivity index (χ2v) is 6.16. The van der Waals surface area contributed by atoms with E-state index in [2.05, 4.69) is 34.2 Å². The Bertz CT molecular complexity index is 594. The van der Waals surface area contributed by atoms with Gasteiger partial charge in [-0.05, 0) is 31.7 Å². The summed E-state index contributed by atoms with van der Waals surface area (Å²) >= 11 is 0. The van der Waals surface area contributed by atoms with E-state index in [9.17, 15) is 4.79 Å². The van der Waals surface area contributed by atoms with Crippen molar-refractivity contribution in [1.82, 2.24) is 20.4 Å². The Morgan fingerprint density at radius 2 is 1.85 bits per heavy atom. The number of amides is 1. The molecule has 0 saturated carbocycles. The largest absolute Gasteiger partial charge is 0.357 e. The molecule has 0 spiro atoms. The lowest BCUT2D eigenvalue weighted by Gasteiger charge is -2.32. The van der Waals surface area contributed by atoms with Crippen LogP contribution in [0.1, 0.15) is 22.8 Å². The maximum atomic E-state index is 12.5. The molecule has 1 aliphatic rings. The quantitative estimate of drug-likeness (QED) is 0.288. The monoisotopic (exact) mass is 471 g/mol. The van der Waals surface area contributed by atoms with Crippen LogP contribution in [0.4, 0.5) is 0 Å². The molecule has 1 saturated heterocycles. The molecule has 2 N–H and O–H groups in total. The van der Waals surface area contributed by atoms with E-state index in [0.717, 1.165) is 49.8 Å². The maximum absolute atomic E-state index is 12.5. The molecule has 0 aliphatic carbocycles. The molecule has 7 heteroatoms. The van der Waals surface area contributed by atoms with E-state index >= 15 is 0 Å². The van der Waals surface area contributed by atoms with Crippen molar-refractivity contribution in [2.24, 2.45) is 4.99 Å². The lowest BCUT2D eigenvalue weighted by molar-refractivity contribution is 0.0664. The van der Waals surface area contributed by atoms with Crippen LogP contribution >= 0.6 is 24.0 Å². The summed E-state index contributed by atoms with van der Waals surface area (Å²) in [6.07, 6.45) is 1.80. The van der Waals surface area contributed by atoms with Crippen LogP contribution in [-0.2, 0) is 6.54 Å². The number of nitrogens with zero attached hydrogens (tertiary/aromatic N) is 3. The molecule has 0 aromatic heterocycles. The van der Waals surface area contributed by atoms with E-state index in [1.165, 1.54) is 0 Å². The number of nitrogens with one attached hydrogen (secondary N) is 2. The van der Waals surface area contributed by atoms with Crippen molar-refractivity contribution in [2.75, 3.05) is 46.3 Å². The van der Waals surface area contributed by atoms with Crippen molar-refractivity contribution in [3.63, 3.8) is 0 Å². The van der Waals surface area contributed by atoms with Crippen molar-refractivity contribution >= 4 is 35.8 Å². The van der Waals surface area contributed by atoms with Crippen LogP contribution in [0.3, 0.4) is 0 Å². The number of carbonyl (C=O) groups excluding carboxylic acids is 1. The fraction of sp³-hybridized carbons (Fsp3) is 0.474. The van der Waals surface area contributed by atoms with E-state index in [4.69, 9.17) is 0 Å². The van der Waals surface area contributed by atoms with Crippen LogP contribution < -0.4 is 10.6 Å². The molecule has 1 amide bonds. The molecule has 1 fully saturated rings. The predicted molar refractivity (Wildman–Crippen MR) is 118 cm³/mol. The Kier molecular flexibility index (Phi) is 10.3. The predicted octanol–water partition coefficient (Wildman–Crippen LogP) is 1.93. The second kappa shape index (κ2) is 11.9. The Morgan fingerprint density at radius 3 is 2.42 bits per heavy atom. The third-order valence-corrected chi connectivity index (χ3v) is 4.17. The molecular weight excluding hydrogens is 441 g/mol. The summed E-state index contributed by atoms with van der Waals surface area (Å²) in [4.78, 5) is 21.2. The number of halogens is 1. The molecule has 1 aliphatic heterocycles. The first-order valence-electron chi connectivity index (χ1n) is 8.84. The molecule has 1 aromatic carbocycles. The average molecular weight is 471 g/mol. The van der Waals surface area contributed by atoms with Gasteiger partial charge in [0.15, 0.2) is 5.96 Å². The molecule has 0 bridgehead atoms. The first-order chi connectivity index (χ1) is 12.1. The van der Waals surface area contributed by atoms with Crippen molar-refractivity contribution < 1.29 is 4.79 Å². The molecule has 1 aromatic rings. The Labute approximate surface area is 173 Å². The first kappa shape index (κ1) is 22.4. The van der Waals surface area contributed by atoms with Gasteiger partial charge in [0.05, 0.1) is 6.54 Å². The summed E-state index contributed by atoms with van der Waals surface area (Å²) in [6, 6.07) is 7.75. The van der Waals surface area contributed by atoms with Gasteiger partial charge in [0, 0.05) is 44.8 Å². The number of likely N-dealkylation sites (N-methyl/N-ethyl adjacent to an activating group) is 1. The van der Waals surface area contributed by atoms with Gasteiger partial charge >= 0.3 is 0 Å². The van der Waals surface area contributed by atoms with Crippen molar-refractivity contribution in [1.29, 1.82) is 0 Å². The van der Waals surface area contributed by atoms with E-state index in [1.54, 1.807) is 6.08 Å². The van der Waals surface area contributed by atoms with Crippen molar-refractivity contribution in [2.45, 2.75) is 13.5 Å². The zero-order valence-corrected chi connectivity index (χ0v) is 18.0. The lowest BCUT2D eigenvalue weighted by Crippen LogP contribution is -2.47. The number of carbonyl (C=O) groups is 1. The number of benzene rings is 1. The van der Waals surface area contributed by atoms with Crippen LogP contribution in [0, 0.1) is 0 Å². The number of hydrogen-bond donors (Lipinski definition) is 2. The lowest BCUT2D eigenvalue weighted by atomic mass is 10.1. The number of rotatable bonds is 6. The molecule has 0 atom stereocenters. The topological polar surface area (TPSA) is 60.0 Å². The Morgan fingerprint density at radius 1 is 1.19 bits per heavy atom. The van der Waals surface area contributed by atoms with Crippen molar-refractivity contribution in [3.05, 3.63) is 48.0 Å². The van der Waals surface area contributed by atoms with Gasteiger partial charge in [-0.2, -0.15) is 0 Å². The highest BCUT2D eigenvalue weighted by molar-refractivity contribution is 14.0. The van der Waals surface area contributed by atoms with E-state index in [-0.39, 0.29) is 29.9 Å². The highest BCUT2D eigenvalue weighted by atomic mass is 127. The number of hydrogen-bond acceptors (Lipinski definition) is 3.